The molecule has 0 spiro atoms. The Morgan fingerprint density at radius 1 is 1.42 bits per heavy atom. The normalized spacial score (nSPS) is 15.5. The van der Waals surface area contributed by atoms with Crippen molar-refractivity contribution in [3.63, 3.8) is 0 Å². The molecule has 0 fully saturated rings. The van der Waals surface area contributed by atoms with Crippen molar-refractivity contribution in [2.75, 3.05) is 12.9 Å². The van der Waals surface area contributed by atoms with Crippen molar-refractivity contribution in [2.24, 2.45) is 0 Å². The topological polar surface area (TPSA) is 37.3 Å². The minimum Gasteiger partial charge on any atom is -0.395 e. The average molecular weight is 184 g/mol. The van der Waals surface area contributed by atoms with E-state index in [1.54, 1.807) is 6.26 Å². The van der Waals surface area contributed by atoms with Gasteiger partial charge in [0.15, 0.2) is 0 Å². The van der Waals surface area contributed by atoms with Crippen molar-refractivity contribution < 1.29 is 9.32 Å². The molecular weight excluding hydrogens is 172 g/mol. The van der Waals surface area contributed by atoms with Crippen molar-refractivity contribution >= 4 is 10.8 Å². The van der Waals surface area contributed by atoms with E-state index >= 15 is 0 Å². The van der Waals surface area contributed by atoms with E-state index in [2.05, 4.69) is 0 Å². The summed E-state index contributed by atoms with van der Waals surface area (Å²) < 4.78 is 11.1. The predicted molar refractivity (Wildman–Crippen MR) is 50.3 cm³/mol. The zero-order chi connectivity index (χ0) is 8.97. The standard InChI is InChI=1S/C9H12O2S/c1-12(11)9(7-10)8-5-3-2-4-6-8/h2-6,9-10H,7H2,1H3/t9-,12+/m1/s1. The molecule has 3 heteroatoms. The SMILES string of the molecule is C[S@](=O)[C@H](CO)c1ccccc1. The van der Waals surface area contributed by atoms with Crippen LogP contribution < -0.4 is 0 Å². The van der Waals surface area contributed by atoms with Gasteiger partial charge in [-0.2, -0.15) is 0 Å². The van der Waals surface area contributed by atoms with Crippen LogP contribution in [0, 0.1) is 0 Å². The molecule has 66 valence electrons. The van der Waals surface area contributed by atoms with Crippen LogP contribution in [0.1, 0.15) is 10.8 Å². The molecule has 2 nitrogen and oxygen atoms in total. The lowest BCUT2D eigenvalue weighted by molar-refractivity contribution is 0.294. The number of hydrogen-bond acceptors (Lipinski definition) is 2. The average Bonchev–Trinajstić information content (AvgIpc) is 2.07. The molecule has 0 heterocycles. The molecule has 0 bridgehead atoms. The molecule has 2 atom stereocenters. The molecule has 0 unspecified atom stereocenters. The fourth-order valence-electron chi connectivity index (χ4n) is 1.07. The van der Waals surface area contributed by atoms with Crippen LogP contribution in [0.2, 0.25) is 0 Å². The van der Waals surface area contributed by atoms with Crippen molar-refractivity contribution in [3.05, 3.63) is 35.9 Å². The summed E-state index contributed by atoms with van der Waals surface area (Å²) in [5.74, 6) is 0. The van der Waals surface area contributed by atoms with Gasteiger partial charge >= 0.3 is 0 Å². The highest BCUT2D eigenvalue weighted by molar-refractivity contribution is 7.84. The van der Waals surface area contributed by atoms with Crippen LogP contribution in [0.4, 0.5) is 0 Å². The fraction of sp³-hybridized carbons (Fsp3) is 0.333. The number of benzene rings is 1. The lowest BCUT2D eigenvalue weighted by Crippen LogP contribution is -2.09. The summed E-state index contributed by atoms with van der Waals surface area (Å²) in [4.78, 5) is 0. The molecule has 0 aliphatic carbocycles. The van der Waals surface area contributed by atoms with Crippen LogP contribution in [0.25, 0.3) is 0 Å². The lowest BCUT2D eigenvalue weighted by Gasteiger charge is -2.10. The highest BCUT2D eigenvalue weighted by Gasteiger charge is 2.12. The molecule has 1 aromatic rings. The first-order chi connectivity index (χ1) is 5.75. The molecule has 0 aromatic heterocycles. The first-order valence-corrected chi connectivity index (χ1v) is 5.36. The molecule has 1 rings (SSSR count). The second kappa shape index (κ2) is 4.38. The first kappa shape index (κ1) is 9.42. The summed E-state index contributed by atoms with van der Waals surface area (Å²) in [6.07, 6.45) is 1.61. The Morgan fingerprint density at radius 2 is 2.00 bits per heavy atom. The molecule has 0 aliphatic heterocycles. The van der Waals surface area contributed by atoms with Gasteiger partial charge < -0.3 is 5.11 Å². The predicted octanol–water partition coefficient (Wildman–Crippen LogP) is 1.10. The van der Waals surface area contributed by atoms with Crippen LogP contribution in [-0.2, 0) is 10.8 Å². The van der Waals surface area contributed by atoms with Gasteiger partial charge in [-0.15, -0.1) is 0 Å². The third-order valence-electron chi connectivity index (χ3n) is 1.74. The van der Waals surface area contributed by atoms with Crippen molar-refractivity contribution in [1.29, 1.82) is 0 Å². The largest absolute Gasteiger partial charge is 0.395 e. The Hall–Kier alpha value is -0.670. The van der Waals surface area contributed by atoms with E-state index in [1.165, 1.54) is 0 Å². The molecule has 0 amide bonds. The number of aliphatic hydroxyl groups is 1. The van der Waals surface area contributed by atoms with Gasteiger partial charge in [-0.3, -0.25) is 4.21 Å². The second-order valence-corrected chi connectivity index (χ2v) is 4.15. The van der Waals surface area contributed by atoms with Crippen LogP contribution in [0.15, 0.2) is 30.3 Å². The van der Waals surface area contributed by atoms with Gasteiger partial charge in [-0.05, 0) is 5.56 Å². The summed E-state index contributed by atoms with van der Waals surface area (Å²) in [5, 5.41) is 8.71. The summed E-state index contributed by atoms with van der Waals surface area (Å²) in [6, 6.07) is 9.41. The van der Waals surface area contributed by atoms with Gasteiger partial charge in [-0.1, -0.05) is 30.3 Å². The monoisotopic (exact) mass is 184 g/mol. The van der Waals surface area contributed by atoms with Gasteiger partial charge in [0.25, 0.3) is 0 Å². The van der Waals surface area contributed by atoms with E-state index in [0.717, 1.165) is 5.56 Å². The summed E-state index contributed by atoms with van der Waals surface area (Å²) in [6.45, 7) is -0.0624. The van der Waals surface area contributed by atoms with Gasteiger partial charge in [0, 0.05) is 17.1 Å². The summed E-state index contributed by atoms with van der Waals surface area (Å²) in [5.41, 5.74) is 0.931. The second-order valence-electron chi connectivity index (χ2n) is 2.58. The van der Waals surface area contributed by atoms with Gasteiger partial charge in [0.1, 0.15) is 0 Å². The summed E-state index contributed by atoms with van der Waals surface area (Å²) >= 11 is 0. The molecule has 0 radical (unpaired) electrons. The Bertz CT molecular complexity index is 258. The highest BCUT2D eigenvalue weighted by atomic mass is 32.2. The number of hydrogen-bond donors (Lipinski definition) is 1. The van der Waals surface area contributed by atoms with Crippen LogP contribution in [0.3, 0.4) is 0 Å². The van der Waals surface area contributed by atoms with Crippen LogP contribution in [-0.4, -0.2) is 22.2 Å². The molecule has 0 aliphatic rings. The smallest absolute Gasteiger partial charge is 0.0825 e. The maximum absolute atomic E-state index is 11.1. The first-order valence-electron chi connectivity index (χ1n) is 3.73. The summed E-state index contributed by atoms with van der Waals surface area (Å²) in [7, 11) is -1.00. The highest BCUT2D eigenvalue weighted by Crippen LogP contribution is 2.17. The fourth-order valence-corrected chi connectivity index (χ4v) is 1.82. The van der Waals surface area contributed by atoms with Crippen molar-refractivity contribution in [1.82, 2.24) is 0 Å². The molecular formula is C9H12O2S. The Morgan fingerprint density at radius 3 is 2.42 bits per heavy atom. The van der Waals surface area contributed by atoms with Crippen LogP contribution in [0.5, 0.6) is 0 Å². The quantitative estimate of drug-likeness (QED) is 0.763. The van der Waals surface area contributed by atoms with Crippen molar-refractivity contribution in [3.8, 4) is 0 Å². The van der Waals surface area contributed by atoms with E-state index in [4.69, 9.17) is 5.11 Å². The Balaban J connectivity index is 2.88. The molecule has 0 saturated carbocycles. The zero-order valence-corrected chi connectivity index (χ0v) is 7.75. The molecule has 1 N–H and O–H groups in total. The third kappa shape index (κ3) is 2.16. The minimum atomic E-state index is -1.00. The Kier molecular flexibility index (Phi) is 3.44. The molecule has 12 heavy (non-hydrogen) atoms. The number of aliphatic hydroxyl groups excluding tert-OH is 1. The Labute approximate surface area is 74.7 Å². The maximum Gasteiger partial charge on any atom is 0.0825 e. The van der Waals surface area contributed by atoms with E-state index in [1.807, 2.05) is 30.3 Å². The minimum absolute atomic E-state index is 0.0624. The molecule has 1 aromatic carbocycles. The van der Waals surface area contributed by atoms with E-state index in [9.17, 15) is 4.21 Å². The van der Waals surface area contributed by atoms with Crippen LogP contribution >= 0.6 is 0 Å². The van der Waals surface area contributed by atoms with E-state index in [0.29, 0.717) is 0 Å². The van der Waals surface area contributed by atoms with Gasteiger partial charge in [-0.25, -0.2) is 0 Å². The van der Waals surface area contributed by atoms with Gasteiger partial charge in [0.2, 0.25) is 0 Å². The zero-order valence-electron chi connectivity index (χ0n) is 6.93. The van der Waals surface area contributed by atoms with Gasteiger partial charge in [0.05, 0.1) is 11.9 Å². The van der Waals surface area contributed by atoms with Crippen molar-refractivity contribution in [2.45, 2.75) is 5.25 Å². The number of rotatable bonds is 3. The van der Waals surface area contributed by atoms with E-state index in [-0.39, 0.29) is 11.9 Å². The third-order valence-corrected chi connectivity index (χ3v) is 2.96. The molecule has 0 saturated heterocycles. The maximum atomic E-state index is 11.1. The lowest BCUT2D eigenvalue weighted by atomic mass is 10.2. The van der Waals surface area contributed by atoms with E-state index < -0.39 is 10.8 Å².